The number of benzene rings is 10. The first-order chi connectivity index (χ1) is 33.2. The van der Waals surface area contributed by atoms with Gasteiger partial charge in [0.2, 0.25) is 0 Å². The average Bonchev–Trinajstić information content (AvgIpc) is 3.93. The zero-order valence-electron chi connectivity index (χ0n) is 36.7. The highest BCUT2D eigenvalue weighted by atomic mass is 16.3. The van der Waals surface area contributed by atoms with E-state index in [1.165, 1.54) is 49.4 Å². The summed E-state index contributed by atoms with van der Waals surface area (Å²) in [5.41, 5.74) is 20.2. The Balaban J connectivity index is 1.16. The highest BCUT2D eigenvalue weighted by Crippen LogP contribution is 2.52. The van der Waals surface area contributed by atoms with E-state index in [-0.39, 0.29) is 6.85 Å². The van der Waals surface area contributed by atoms with E-state index < -0.39 is 0 Å². The Labute approximate surface area is 388 Å². The second-order valence-electron chi connectivity index (χ2n) is 17.8. The molecule has 0 radical (unpaired) electrons. The molecule has 6 heteroatoms. The van der Waals surface area contributed by atoms with Gasteiger partial charge < -0.3 is 23.6 Å². The predicted octanol–water partition coefficient (Wildman–Crippen LogP) is 15.2. The van der Waals surface area contributed by atoms with Crippen LogP contribution in [0.25, 0.3) is 60.6 Å². The van der Waals surface area contributed by atoms with Crippen LogP contribution in [0.1, 0.15) is 5.56 Å². The van der Waals surface area contributed by atoms with Crippen LogP contribution in [0.5, 0.6) is 0 Å². The molecule has 2 aliphatic rings. The van der Waals surface area contributed by atoms with Crippen molar-refractivity contribution in [3.8, 4) is 16.8 Å². The topological polar surface area (TPSA) is 27.8 Å². The summed E-state index contributed by atoms with van der Waals surface area (Å²) in [5, 5.41) is 4.65. The third kappa shape index (κ3) is 5.63. The maximum Gasteiger partial charge on any atom is 0.333 e. The van der Waals surface area contributed by atoms with Gasteiger partial charge in [-0.25, -0.2) is 0 Å². The van der Waals surface area contributed by atoms with Crippen molar-refractivity contribution in [2.24, 2.45) is 0 Å². The van der Waals surface area contributed by atoms with E-state index in [0.717, 1.165) is 73.1 Å². The molecule has 2 aromatic heterocycles. The number of fused-ring (bicyclic) bond motifs is 11. The van der Waals surface area contributed by atoms with Gasteiger partial charge in [-0.2, -0.15) is 0 Å². The van der Waals surface area contributed by atoms with Gasteiger partial charge in [0.05, 0.1) is 16.7 Å². The smallest absolute Gasteiger partial charge is 0.333 e. The number of furan rings is 1. The van der Waals surface area contributed by atoms with Crippen molar-refractivity contribution < 1.29 is 4.42 Å². The average molecular weight is 857 g/mol. The van der Waals surface area contributed by atoms with Gasteiger partial charge in [0.1, 0.15) is 11.2 Å². The number of rotatable bonds is 7. The van der Waals surface area contributed by atoms with Crippen molar-refractivity contribution in [1.82, 2.24) is 4.57 Å². The third-order valence-corrected chi connectivity index (χ3v) is 14.0. The van der Waals surface area contributed by atoms with Crippen molar-refractivity contribution in [2.75, 3.05) is 14.6 Å². The van der Waals surface area contributed by atoms with Gasteiger partial charge in [-0.1, -0.05) is 133 Å². The molecule has 4 heterocycles. The minimum absolute atomic E-state index is 0.217. The van der Waals surface area contributed by atoms with E-state index in [2.05, 4.69) is 257 Å². The molecule has 10 aromatic carbocycles. The molecule has 0 atom stereocenters. The third-order valence-electron chi connectivity index (χ3n) is 14.0. The maximum atomic E-state index is 6.77. The number of aromatic nitrogens is 1. The lowest BCUT2D eigenvalue weighted by Crippen LogP contribution is -2.60. The molecule has 0 amide bonds. The Morgan fingerprint density at radius 3 is 1.67 bits per heavy atom. The standard InChI is InChI=1S/C61H41BN4O/c1-40-30-32-45(33-31-40)66-54-36-46(63(41-18-6-2-7-19-41)42-20-8-3-9-21-42)34-35-47(54)51-38-56(64(43-22-10-4-11-23-43)44-24-12-5-13-25-44)59-49-27-14-16-28-53(49)65-55-37-50-48-26-15-17-29-57(48)67-58(50)39-52(55)62(66)60(51)61(59)65/h2-39H,1H3. The van der Waals surface area contributed by atoms with Crippen molar-refractivity contribution in [2.45, 2.75) is 6.92 Å². The summed E-state index contributed by atoms with van der Waals surface area (Å²) in [6.07, 6.45) is 0. The van der Waals surface area contributed by atoms with Gasteiger partial charge >= 0.3 is 6.85 Å². The van der Waals surface area contributed by atoms with E-state index in [4.69, 9.17) is 4.42 Å². The van der Waals surface area contributed by atoms with Crippen LogP contribution in [0.15, 0.2) is 235 Å². The molecule has 0 unspecified atom stereocenters. The number of nitrogens with zero attached hydrogens (tertiary/aromatic N) is 4. The van der Waals surface area contributed by atoms with Crippen LogP contribution in [-0.2, 0) is 0 Å². The highest BCUT2D eigenvalue weighted by molar-refractivity contribution is 6.94. The summed E-state index contributed by atoms with van der Waals surface area (Å²) in [6.45, 7) is 1.95. The lowest BCUT2D eigenvalue weighted by molar-refractivity contribution is 0.669. The van der Waals surface area contributed by atoms with E-state index in [1.54, 1.807) is 0 Å². The van der Waals surface area contributed by atoms with Crippen molar-refractivity contribution in [3.05, 3.63) is 236 Å². The van der Waals surface area contributed by atoms with Gasteiger partial charge in [0.15, 0.2) is 0 Å². The monoisotopic (exact) mass is 856 g/mol. The number of hydrogen-bond donors (Lipinski definition) is 0. The minimum Gasteiger partial charge on any atom is -0.456 e. The molecule has 0 spiro atoms. The predicted molar refractivity (Wildman–Crippen MR) is 281 cm³/mol. The number of aryl methyl sites for hydroxylation is 1. The molecule has 0 fully saturated rings. The lowest BCUT2D eigenvalue weighted by Gasteiger charge is -2.43. The van der Waals surface area contributed by atoms with Crippen molar-refractivity contribution >= 4 is 107 Å². The molecule has 0 bridgehead atoms. The number of para-hydroxylation sites is 6. The van der Waals surface area contributed by atoms with E-state index in [9.17, 15) is 0 Å². The van der Waals surface area contributed by atoms with Crippen LogP contribution in [-0.4, -0.2) is 11.4 Å². The van der Waals surface area contributed by atoms with Crippen LogP contribution in [0, 0.1) is 6.92 Å². The van der Waals surface area contributed by atoms with Gasteiger partial charge in [-0.15, -0.1) is 0 Å². The van der Waals surface area contributed by atoms with Gasteiger partial charge in [0.25, 0.3) is 0 Å². The second-order valence-corrected chi connectivity index (χ2v) is 17.8. The fraction of sp³-hybridized carbons (Fsp3) is 0.0164. The summed E-state index contributed by atoms with van der Waals surface area (Å²) >= 11 is 0. The largest absolute Gasteiger partial charge is 0.456 e. The summed E-state index contributed by atoms with van der Waals surface area (Å²) in [7, 11) is 0. The van der Waals surface area contributed by atoms with E-state index in [0.29, 0.717) is 0 Å². The molecule has 5 nitrogen and oxygen atoms in total. The quantitative estimate of drug-likeness (QED) is 0.149. The maximum absolute atomic E-state index is 6.77. The summed E-state index contributed by atoms with van der Waals surface area (Å²) in [4.78, 5) is 7.43. The molecule has 314 valence electrons. The highest BCUT2D eigenvalue weighted by Gasteiger charge is 2.45. The van der Waals surface area contributed by atoms with Gasteiger partial charge in [-0.05, 0) is 127 Å². The lowest BCUT2D eigenvalue weighted by atomic mass is 9.44. The van der Waals surface area contributed by atoms with Crippen LogP contribution in [0.3, 0.4) is 0 Å². The Morgan fingerprint density at radius 1 is 0.433 bits per heavy atom. The zero-order valence-corrected chi connectivity index (χ0v) is 36.7. The van der Waals surface area contributed by atoms with Crippen LogP contribution in [0.4, 0.5) is 45.5 Å². The summed E-state index contributed by atoms with van der Waals surface area (Å²) in [6, 6.07) is 83.9. The van der Waals surface area contributed by atoms with Crippen LogP contribution < -0.4 is 25.5 Å². The summed E-state index contributed by atoms with van der Waals surface area (Å²) < 4.78 is 9.33. The first kappa shape index (κ1) is 37.6. The van der Waals surface area contributed by atoms with Gasteiger partial charge in [0, 0.05) is 72.6 Å². The molecule has 2 aliphatic heterocycles. The van der Waals surface area contributed by atoms with Crippen LogP contribution >= 0.6 is 0 Å². The second kappa shape index (κ2) is 14.6. The molecule has 0 saturated heterocycles. The molecule has 12 aromatic rings. The van der Waals surface area contributed by atoms with Crippen molar-refractivity contribution in [1.29, 1.82) is 0 Å². The fourth-order valence-electron chi connectivity index (χ4n) is 11.1. The SMILES string of the molecule is Cc1ccc(N2B3c4cc5oc6ccccc6c5cc4-n4c5ccccc5c5c(N(c6ccccc6)c6ccccc6)cc(c3c54)-c3ccc(N(c4ccccc4)c4ccccc4)cc32)cc1. The Kier molecular flexibility index (Phi) is 8.22. The number of hydrogen-bond acceptors (Lipinski definition) is 4. The zero-order chi connectivity index (χ0) is 44.2. The number of anilines is 8. The Bertz CT molecular complexity index is 3810. The van der Waals surface area contributed by atoms with Crippen molar-refractivity contribution in [3.63, 3.8) is 0 Å². The first-order valence-corrected chi connectivity index (χ1v) is 23.0. The Morgan fingerprint density at radius 2 is 1.01 bits per heavy atom. The molecule has 67 heavy (non-hydrogen) atoms. The molecule has 14 rings (SSSR count). The molecule has 0 aliphatic carbocycles. The fourth-order valence-corrected chi connectivity index (χ4v) is 11.1. The molecular formula is C61H41BN4O. The molecule has 0 N–H and O–H groups in total. The molecular weight excluding hydrogens is 816 g/mol. The molecule has 0 saturated carbocycles. The van der Waals surface area contributed by atoms with Gasteiger partial charge in [-0.3, -0.25) is 0 Å². The van der Waals surface area contributed by atoms with E-state index >= 15 is 0 Å². The normalized spacial score (nSPS) is 12.5. The minimum atomic E-state index is -0.217. The first-order valence-electron chi connectivity index (χ1n) is 23.0. The van der Waals surface area contributed by atoms with E-state index in [1.807, 2.05) is 0 Å². The summed E-state index contributed by atoms with van der Waals surface area (Å²) in [5.74, 6) is 0. The Hall–Kier alpha value is -8.74. The van der Waals surface area contributed by atoms with Crippen LogP contribution in [0.2, 0.25) is 0 Å².